The second kappa shape index (κ2) is 3.38. The molecule has 0 aromatic rings. The van der Waals surface area contributed by atoms with Crippen molar-refractivity contribution in [2.24, 2.45) is 5.92 Å². The molecule has 2 atom stereocenters. The van der Waals surface area contributed by atoms with Crippen molar-refractivity contribution in [3.05, 3.63) is 36.1 Å². The van der Waals surface area contributed by atoms with Crippen LogP contribution in [0.5, 0.6) is 0 Å². The van der Waals surface area contributed by atoms with E-state index in [0.717, 1.165) is 6.54 Å². The van der Waals surface area contributed by atoms with E-state index < -0.39 is 0 Å². The van der Waals surface area contributed by atoms with Gasteiger partial charge in [0, 0.05) is 19.5 Å². The molecule has 0 bridgehead atoms. The lowest BCUT2D eigenvalue weighted by molar-refractivity contribution is 0.379. The number of nitrogens with zero attached hydrogens (tertiary/aromatic N) is 1. The minimum absolute atomic E-state index is 0.556. The molecule has 1 heterocycles. The molecule has 0 aromatic carbocycles. The average Bonchev–Trinajstić information content (AvgIpc) is 2.48. The number of hydrogen-bond acceptors (Lipinski definition) is 2. The molecule has 2 heteroatoms. The van der Waals surface area contributed by atoms with Gasteiger partial charge in [-0.3, -0.25) is 0 Å². The van der Waals surface area contributed by atoms with Crippen LogP contribution < -0.4 is 5.32 Å². The van der Waals surface area contributed by atoms with E-state index >= 15 is 0 Å². The smallest absolute Gasteiger partial charge is 0.0565 e. The topological polar surface area (TPSA) is 15.3 Å². The van der Waals surface area contributed by atoms with Crippen molar-refractivity contribution in [2.75, 3.05) is 20.6 Å². The first kappa shape index (κ1) is 8.57. The Bertz CT molecular complexity index is 276. The molecule has 2 unspecified atom stereocenters. The quantitative estimate of drug-likeness (QED) is 0.679. The van der Waals surface area contributed by atoms with Crippen LogP contribution in [-0.4, -0.2) is 31.6 Å². The van der Waals surface area contributed by atoms with E-state index in [2.05, 4.69) is 47.8 Å². The zero-order valence-corrected chi connectivity index (χ0v) is 8.20. The Morgan fingerprint density at radius 3 is 3.08 bits per heavy atom. The standard InChI is InChI=1S/C11H16N2/c1-12-8-9-3-4-11-10(7-9)5-6-13(11)2/h3-7,10-12H,8H2,1-2H3. The molecule has 0 amide bonds. The van der Waals surface area contributed by atoms with Gasteiger partial charge < -0.3 is 10.2 Å². The highest BCUT2D eigenvalue weighted by Crippen LogP contribution is 2.27. The van der Waals surface area contributed by atoms with E-state index in [9.17, 15) is 0 Å². The Hall–Kier alpha value is -1.02. The van der Waals surface area contributed by atoms with Crippen LogP contribution in [0, 0.1) is 5.92 Å². The highest BCUT2D eigenvalue weighted by Gasteiger charge is 2.24. The van der Waals surface area contributed by atoms with Crippen molar-refractivity contribution >= 4 is 0 Å². The summed E-state index contributed by atoms with van der Waals surface area (Å²) < 4.78 is 0. The van der Waals surface area contributed by atoms with Gasteiger partial charge in [-0.2, -0.15) is 0 Å². The molecule has 2 rings (SSSR count). The Kier molecular flexibility index (Phi) is 2.23. The highest BCUT2D eigenvalue weighted by molar-refractivity contribution is 5.33. The van der Waals surface area contributed by atoms with E-state index in [1.165, 1.54) is 5.57 Å². The van der Waals surface area contributed by atoms with Gasteiger partial charge in [0.15, 0.2) is 0 Å². The SMILES string of the molecule is CNCC1=CC2C=CN(C)C2C=C1. The Morgan fingerprint density at radius 2 is 2.31 bits per heavy atom. The molecule has 0 spiro atoms. The predicted molar refractivity (Wildman–Crippen MR) is 55.3 cm³/mol. The van der Waals surface area contributed by atoms with Gasteiger partial charge in [-0.15, -0.1) is 0 Å². The molecule has 70 valence electrons. The Morgan fingerprint density at radius 1 is 1.46 bits per heavy atom. The summed E-state index contributed by atoms with van der Waals surface area (Å²) in [5.41, 5.74) is 1.39. The van der Waals surface area contributed by atoms with Crippen molar-refractivity contribution in [2.45, 2.75) is 6.04 Å². The minimum Gasteiger partial charge on any atom is -0.373 e. The van der Waals surface area contributed by atoms with Gasteiger partial charge in [-0.05, 0) is 18.8 Å². The van der Waals surface area contributed by atoms with Gasteiger partial charge in [0.25, 0.3) is 0 Å². The molecule has 1 N–H and O–H groups in total. The average molecular weight is 176 g/mol. The van der Waals surface area contributed by atoms with Crippen LogP contribution in [0.25, 0.3) is 0 Å². The predicted octanol–water partition coefficient (Wildman–Crippen LogP) is 1.15. The van der Waals surface area contributed by atoms with Gasteiger partial charge in [0.2, 0.25) is 0 Å². The lowest BCUT2D eigenvalue weighted by Crippen LogP contribution is -2.28. The van der Waals surface area contributed by atoms with Gasteiger partial charge in [-0.25, -0.2) is 0 Å². The summed E-state index contributed by atoms with van der Waals surface area (Å²) in [6, 6.07) is 0.556. The summed E-state index contributed by atoms with van der Waals surface area (Å²) in [6.07, 6.45) is 11.3. The maximum absolute atomic E-state index is 3.17. The highest BCUT2D eigenvalue weighted by atomic mass is 15.1. The second-order valence-corrected chi connectivity index (χ2v) is 3.71. The summed E-state index contributed by atoms with van der Waals surface area (Å²) in [4.78, 5) is 2.26. The van der Waals surface area contributed by atoms with E-state index in [1.807, 2.05) is 7.05 Å². The van der Waals surface area contributed by atoms with Crippen molar-refractivity contribution in [1.82, 2.24) is 10.2 Å². The molecule has 0 saturated carbocycles. The third-order valence-corrected chi connectivity index (χ3v) is 2.70. The van der Waals surface area contributed by atoms with E-state index in [0.29, 0.717) is 12.0 Å². The first-order valence-electron chi connectivity index (χ1n) is 4.75. The number of rotatable bonds is 2. The van der Waals surface area contributed by atoms with E-state index in [-0.39, 0.29) is 0 Å². The van der Waals surface area contributed by atoms with Crippen LogP contribution in [0.4, 0.5) is 0 Å². The summed E-state index contributed by atoms with van der Waals surface area (Å²) in [6.45, 7) is 0.970. The Balaban J connectivity index is 2.11. The lowest BCUT2D eigenvalue weighted by atomic mass is 9.93. The molecule has 0 saturated heterocycles. The van der Waals surface area contributed by atoms with Crippen molar-refractivity contribution in [1.29, 1.82) is 0 Å². The Labute approximate surface area is 79.6 Å². The van der Waals surface area contributed by atoms with Crippen LogP contribution in [0.1, 0.15) is 0 Å². The van der Waals surface area contributed by atoms with Gasteiger partial charge in [-0.1, -0.05) is 24.3 Å². The van der Waals surface area contributed by atoms with Crippen LogP contribution in [0.2, 0.25) is 0 Å². The molecule has 0 radical (unpaired) electrons. The zero-order valence-electron chi connectivity index (χ0n) is 8.20. The number of hydrogen-bond donors (Lipinski definition) is 1. The molecule has 0 fully saturated rings. The van der Waals surface area contributed by atoms with Crippen LogP contribution in [0.15, 0.2) is 36.1 Å². The first-order chi connectivity index (χ1) is 6.31. The molecule has 2 aliphatic rings. The molecule has 13 heavy (non-hydrogen) atoms. The fourth-order valence-corrected chi connectivity index (χ4v) is 1.98. The number of fused-ring (bicyclic) bond motifs is 1. The molecule has 2 nitrogen and oxygen atoms in total. The fraction of sp³-hybridized carbons (Fsp3) is 0.455. The summed E-state index contributed by atoms with van der Waals surface area (Å²) >= 11 is 0. The molecule has 1 aliphatic carbocycles. The van der Waals surface area contributed by atoms with Crippen molar-refractivity contribution in [3.63, 3.8) is 0 Å². The molecular weight excluding hydrogens is 160 g/mol. The normalized spacial score (nSPS) is 30.6. The van der Waals surface area contributed by atoms with Crippen molar-refractivity contribution in [3.8, 4) is 0 Å². The molecular formula is C11H16N2. The van der Waals surface area contributed by atoms with Crippen molar-refractivity contribution < 1.29 is 0 Å². The van der Waals surface area contributed by atoms with E-state index in [4.69, 9.17) is 0 Å². The monoisotopic (exact) mass is 176 g/mol. The summed E-state index contributed by atoms with van der Waals surface area (Å²) in [5, 5.41) is 3.17. The van der Waals surface area contributed by atoms with Crippen LogP contribution >= 0.6 is 0 Å². The van der Waals surface area contributed by atoms with Crippen LogP contribution in [0.3, 0.4) is 0 Å². The summed E-state index contributed by atoms with van der Waals surface area (Å²) in [5.74, 6) is 0.582. The minimum atomic E-state index is 0.556. The summed E-state index contributed by atoms with van der Waals surface area (Å²) in [7, 11) is 4.11. The number of likely N-dealkylation sites (N-methyl/N-ethyl adjacent to an activating group) is 2. The van der Waals surface area contributed by atoms with Gasteiger partial charge in [0.1, 0.15) is 0 Å². The van der Waals surface area contributed by atoms with E-state index in [1.54, 1.807) is 0 Å². The lowest BCUT2D eigenvalue weighted by Gasteiger charge is -2.25. The second-order valence-electron chi connectivity index (χ2n) is 3.71. The van der Waals surface area contributed by atoms with Crippen LogP contribution in [-0.2, 0) is 0 Å². The fourth-order valence-electron chi connectivity index (χ4n) is 1.98. The van der Waals surface area contributed by atoms with Gasteiger partial charge in [0.05, 0.1) is 6.04 Å². The molecule has 0 aromatic heterocycles. The third-order valence-electron chi connectivity index (χ3n) is 2.70. The van der Waals surface area contributed by atoms with Gasteiger partial charge >= 0.3 is 0 Å². The first-order valence-corrected chi connectivity index (χ1v) is 4.75. The largest absolute Gasteiger partial charge is 0.373 e. The molecule has 1 aliphatic heterocycles. The maximum Gasteiger partial charge on any atom is 0.0565 e. The maximum atomic E-state index is 3.17. The zero-order chi connectivity index (χ0) is 9.26. The third kappa shape index (κ3) is 1.54. The number of nitrogens with one attached hydrogen (secondary N) is 1.